The molecule has 1 heterocycles. The van der Waals surface area contributed by atoms with E-state index >= 15 is 0 Å². The van der Waals surface area contributed by atoms with E-state index in [-0.39, 0.29) is 24.9 Å². The summed E-state index contributed by atoms with van der Waals surface area (Å²) in [5.74, 6) is 0.751. The molecule has 0 spiro atoms. The van der Waals surface area contributed by atoms with Gasteiger partial charge in [-0.25, -0.2) is 0 Å². The summed E-state index contributed by atoms with van der Waals surface area (Å²) in [5, 5.41) is 18.7. The van der Waals surface area contributed by atoms with Gasteiger partial charge in [-0.1, -0.05) is 36.4 Å². The topological polar surface area (TPSA) is 162 Å². The van der Waals surface area contributed by atoms with Crippen LogP contribution in [-0.4, -0.2) is 54.6 Å². The third-order valence-corrected chi connectivity index (χ3v) is 7.14. The van der Waals surface area contributed by atoms with E-state index in [4.69, 9.17) is 27.0 Å². The van der Waals surface area contributed by atoms with Crippen LogP contribution in [-0.2, 0) is 16.1 Å². The maximum Gasteiger partial charge on any atom is 0.255 e. The molecule has 1 aliphatic heterocycles. The van der Waals surface area contributed by atoms with Crippen LogP contribution in [0.3, 0.4) is 0 Å². The zero-order valence-electron chi connectivity index (χ0n) is 23.2. The Hall–Kier alpha value is -4.86. The number of nitrogen functional groups attached to an aromatic ring is 1. The van der Waals surface area contributed by atoms with Crippen molar-refractivity contribution in [3.05, 3.63) is 89.5 Å². The number of benzene rings is 3. The zero-order valence-corrected chi connectivity index (χ0v) is 23.2. The fourth-order valence-electron chi connectivity index (χ4n) is 4.98. The summed E-state index contributed by atoms with van der Waals surface area (Å²) in [7, 11) is 0. The van der Waals surface area contributed by atoms with E-state index in [1.165, 1.54) is 5.56 Å². The number of rotatable bonds is 11. The van der Waals surface area contributed by atoms with Crippen LogP contribution in [0.1, 0.15) is 42.4 Å². The second kappa shape index (κ2) is 13.5. The molecule has 1 aliphatic rings. The van der Waals surface area contributed by atoms with Crippen LogP contribution in [0.15, 0.2) is 72.8 Å². The summed E-state index contributed by atoms with van der Waals surface area (Å²) in [6, 6.07) is 22.5. The third-order valence-electron chi connectivity index (χ3n) is 7.14. The summed E-state index contributed by atoms with van der Waals surface area (Å²) in [6.45, 7) is 3.81. The van der Waals surface area contributed by atoms with Gasteiger partial charge in [0.1, 0.15) is 11.6 Å². The van der Waals surface area contributed by atoms with Crippen LogP contribution < -0.4 is 26.4 Å². The molecule has 0 radical (unpaired) electrons. The third kappa shape index (κ3) is 8.31. The Morgan fingerprint density at radius 2 is 1.71 bits per heavy atom. The summed E-state index contributed by atoms with van der Waals surface area (Å²) in [6.07, 6.45) is 2.01. The van der Waals surface area contributed by atoms with Gasteiger partial charge in [0.25, 0.3) is 5.91 Å². The molecule has 10 nitrogen and oxygen atoms in total. The van der Waals surface area contributed by atoms with E-state index in [9.17, 15) is 9.59 Å². The molecule has 3 aromatic carbocycles. The van der Waals surface area contributed by atoms with Crippen molar-refractivity contribution in [2.75, 3.05) is 36.5 Å². The predicted molar refractivity (Wildman–Crippen MR) is 162 cm³/mol. The Kier molecular flexibility index (Phi) is 9.57. The smallest absolute Gasteiger partial charge is 0.255 e. The average Bonchev–Trinajstić information content (AvgIpc) is 2.96. The van der Waals surface area contributed by atoms with Crippen molar-refractivity contribution in [3.63, 3.8) is 0 Å². The summed E-state index contributed by atoms with van der Waals surface area (Å²) in [4.78, 5) is 28.3. The van der Waals surface area contributed by atoms with E-state index in [0.29, 0.717) is 35.3 Å². The first-order valence-electron chi connectivity index (χ1n) is 13.6. The maximum atomic E-state index is 13.2. The van der Waals surface area contributed by atoms with Gasteiger partial charge in [0, 0.05) is 36.6 Å². The average molecular weight is 556 g/mol. The Labute approximate surface area is 240 Å². The Balaban J connectivity index is 1.45. The Morgan fingerprint density at radius 3 is 2.37 bits per heavy atom. The van der Waals surface area contributed by atoms with Crippen molar-refractivity contribution in [2.45, 2.75) is 32.2 Å². The van der Waals surface area contributed by atoms with Crippen molar-refractivity contribution in [1.82, 2.24) is 4.90 Å². The lowest BCUT2D eigenvalue weighted by Crippen LogP contribution is -2.36. The Bertz CT molecular complexity index is 1400. The van der Waals surface area contributed by atoms with Gasteiger partial charge in [-0.3, -0.25) is 20.4 Å². The molecule has 1 fully saturated rings. The van der Waals surface area contributed by atoms with E-state index in [1.54, 1.807) is 30.3 Å². The molecule has 0 aromatic heterocycles. The van der Waals surface area contributed by atoms with Crippen LogP contribution in [0.25, 0.3) is 0 Å². The number of primary amides is 1. The highest BCUT2D eigenvalue weighted by Crippen LogP contribution is 2.29. The van der Waals surface area contributed by atoms with E-state index in [2.05, 4.69) is 22.3 Å². The van der Waals surface area contributed by atoms with Crippen molar-refractivity contribution in [2.24, 2.45) is 11.5 Å². The fourth-order valence-corrected chi connectivity index (χ4v) is 4.98. The lowest BCUT2D eigenvalue weighted by molar-refractivity contribution is -0.120. The monoisotopic (exact) mass is 555 g/mol. The molecule has 214 valence electrons. The number of nitrogens with two attached hydrogens (primary N) is 2. The molecular weight excluding hydrogens is 518 g/mol. The number of carbonyl (C=O) groups excluding carboxylic acids is 2. The molecule has 41 heavy (non-hydrogen) atoms. The van der Waals surface area contributed by atoms with Gasteiger partial charge in [-0.15, -0.1) is 0 Å². The summed E-state index contributed by atoms with van der Waals surface area (Å²) < 4.78 is 5.45. The lowest BCUT2D eigenvalue weighted by atomic mass is 9.89. The number of amidine groups is 2. The van der Waals surface area contributed by atoms with Gasteiger partial charge >= 0.3 is 0 Å². The van der Waals surface area contributed by atoms with Crippen LogP contribution in [0.5, 0.6) is 5.75 Å². The van der Waals surface area contributed by atoms with E-state index in [0.717, 1.165) is 37.2 Å². The number of nitrogens with zero attached hydrogens (tertiary/aromatic N) is 2. The van der Waals surface area contributed by atoms with Crippen LogP contribution in [0.4, 0.5) is 11.4 Å². The first-order valence-corrected chi connectivity index (χ1v) is 13.6. The second-order valence-corrected chi connectivity index (χ2v) is 10.2. The molecule has 10 heteroatoms. The number of hydrogen-bond donors (Lipinski definition) is 5. The highest BCUT2D eigenvalue weighted by atomic mass is 16.5. The van der Waals surface area contributed by atoms with E-state index < -0.39 is 5.91 Å². The molecule has 7 N–H and O–H groups in total. The van der Waals surface area contributed by atoms with Crippen LogP contribution in [0.2, 0.25) is 0 Å². The lowest BCUT2D eigenvalue weighted by Gasteiger charge is -2.33. The first kappa shape index (κ1) is 29.1. The summed E-state index contributed by atoms with van der Waals surface area (Å²) >= 11 is 0. The highest BCUT2D eigenvalue weighted by molar-refractivity contribution is 5.97. The summed E-state index contributed by atoms with van der Waals surface area (Å²) in [5.41, 5.74) is 15.0. The molecule has 1 saturated heterocycles. The van der Waals surface area contributed by atoms with Crippen LogP contribution in [0, 0.1) is 10.8 Å². The largest absolute Gasteiger partial charge is 0.484 e. The quantitative estimate of drug-likeness (QED) is 0.179. The number of ether oxygens (including phenoxy) is 1. The molecule has 0 saturated carbocycles. The fraction of sp³-hybridized carbons (Fsp3) is 0.290. The first-order chi connectivity index (χ1) is 19.7. The second-order valence-electron chi connectivity index (χ2n) is 10.2. The van der Waals surface area contributed by atoms with E-state index in [1.807, 2.05) is 42.2 Å². The van der Waals surface area contributed by atoms with Crippen molar-refractivity contribution < 1.29 is 14.3 Å². The zero-order chi connectivity index (χ0) is 29.4. The minimum atomic E-state index is -0.564. The normalized spacial score (nSPS) is 13.3. The molecule has 3 aromatic rings. The number of likely N-dealkylation sites (tertiary alicyclic amines) is 1. The molecule has 0 bridgehead atoms. The number of piperidine rings is 1. The molecular formula is C31H37N7O3. The van der Waals surface area contributed by atoms with Crippen molar-refractivity contribution >= 4 is 34.9 Å². The molecule has 0 atom stereocenters. The van der Waals surface area contributed by atoms with Gasteiger partial charge in [-0.2, -0.15) is 0 Å². The van der Waals surface area contributed by atoms with Gasteiger partial charge in [-0.05, 0) is 73.2 Å². The molecule has 0 aliphatic carbocycles. The number of carbonyl (C=O) groups is 2. The number of anilines is 2. The van der Waals surface area contributed by atoms with Gasteiger partial charge in [0.15, 0.2) is 6.61 Å². The molecule has 0 unspecified atom stereocenters. The predicted octanol–water partition coefficient (Wildman–Crippen LogP) is 3.66. The highest BCUT2D eigenvalue weighted by Gasteiger charge is 2.21. The number of amides is 2. The van der Waals surface area contributed by atoms with Crippen molar-refractivity contribution in [1.29, 1.82) is 10.8 Å². The van der Waals surface area contributed by atoms with Gasteiger partial charge in [0.2, 0.25) is 5.91 Å². The maximum absolute atomic E-state index is 13.2. The molecule has 2 amide bonds. The molecule has 4 rings (SSSR count). The number of nitrogens with one attached hydrogen (secondary N) is 3. The minimum absolute atomic E-state index is 0.0525. The van der Waals surface area contributed by atoms with Gasteiger partial charge < -0.3 is 31.3 Å². The standard InChI is InChI=1S/C31H37N7O3/c1-21(32)37-14-12-24(13-15-37)23-8-10-26(11-9-23)36-30(40)19-38(27-6-3-5-25(17-27)31(34)35)18-22-4-2-7-28(16-22)41-20-29(33)39/h2-11,16-17,24,32H,12-15,18-20H2,1H3,(H2,33,39)(H3,34,35)(H,36,40). The van der Waals surface area contributed by atoms with Crippen LogP contribution >= 0.6 is 0 Å². The number of hydrogen-bond acceptors (Lipinski definition) is 6. The van der Waals surface area contributed by atoms with Crippen molar-refractivity contribution in [3.8, 4) is 5.75 Å². The Morgan fingerprint density at radius 1 is 1.00 bits per heavy atom. The van der Waals surface area contributed by atoms with Gasteiger partial charge in [0.05, 0.1) is 12.4 Å². The SMILES string of the molecule is CC(=N)N1CCC(c2ccc(NC(=O)CN(Cc3cccc(OCC(N)=O)c3)c3cccc(C(=N)N)c3)cc2)CC1. The minimum Gasteiger partial charge on any atom is -0.484 e.